The second-order valence-electron chi connectivity index (χ2n) is 6.44. The number of rotatable bonds is 5. The molecule has 1 aliphatic heterocycles. The highest BCUT2D eigenvalue weighted by atomic mass is 16.2. The van der Waals surface area contributed by atoms with Crippen LogP contribution in [-0.4, -0.2) is 39.7 Å². The first-order chi connectivity index (χ1) is 10.5. The van der Waals surface area contributed by atoms with Gasteiger partial charge in [-0.3, -0.25) is 14.3 Å². The highest BCUT2D eigenvalue weighted by Gasteiger charge is 2.34. The maximum Gasteiger partial charge on any atom is 0.244 e. The molecule has 0 aromatic carbocycles. The van der Waals surface area contributed by atoms with Gasteiger partial charge in [0.25, 0.3) is 0 Å². The predicted molar refractivity (Wildman–Crippen MR) is 82.3 cm³/mol. The van der Waals surface area contributed by atoms with Gasteiger partial charge in [-0.1, -0.05) is 0 Å². The van der Waals surface area contributed by atoms with E-state index in [4.69, 9.17) is 0 Å². The maximum atomic E-state index is 12.4. The molecule has 2 aliphatic rings. The van der Waals surface area contributed by atoms with Gasteiger partial charge in [0.15, 0.2) is 0 Å². The molecule has 2 fully saturated rings. The van der Waals surface area contributed by atoms with Crippen molar-refractivity contribution in [3.05, 3.63) is 12.4 Å². The molecule has 22 heavy (non-hydrogen) atoms. The molecule has 0 bridgehead atoms. The van der Waals surface area contributed by atoms with E-state index in [0.29, 0.717) is 11.7 Å². The molecule has 1 atom stereocenters. The summed E-state index contributed by atoms with van der Waals surface area (Å²) in [4.78, 5) is 24.1. The van der Waals surface area contributed by atoms with Crippen LogP contribution < -0.4 is 16.0 Å². The summed E-state index contributed by atoms with van der Waals surface area (Å²) in [6.07, 6.45) is 8.39. The first-order valence-corrected chi connectivity index (χ1v) is 7.93. The molecule has 1 aromatic heterocycles. The van der Waals surface area contributed by atoms with E-state index in [2.05, 4.69) is 21.0 Å². The van der Waals surface area contributed by atoms with Gasteiger partial charge in [0.1, 0.15) is 6.54 Å². The Bertz CT molecular complexity index is 558. The zero-order valence-corrected chi connectivity index (χ0v) is 12.9. The molecule has 7 heteroatoms. The molecule has 1 aromatic rings. The number of carbonyl (C=O) groups is 2. The van der Waals surface area contributed by atoms with Crippen molar-refractivity contribution in [2.24, 2.45) is 0 Å². The standard InChI is InChI=1S/C15H23N5O2/c1-15(6-2-3-7-16-15)14(22)19-12-8-17-20(9-12)10-13(21)18-11-4-5-11/h8-9,11,16H,2-7,10H2,1H3,(H,18,21)(H,19,22). The summed E-state index contributed by atoms with van der Waals surface area (Å²) in [5.41, 5.74) is 0.0989. The monoisotopic (exact) mass is 305 g/mol. The van der Waals surface area contributed by atoms with E-state index < -0.39 is 5.54 Å². The van der Waals surface area contributed by atoms with E-state index in [1.54, 1.807) is 17.1 Å². The number of nitrogens with one attached hydrogen (secondary N) is 3. The van der Waals surface area contributed by atoms with E-state index >= 15 is 0 Å². The summed E-state index contributed by atoms with van der Waals surface area (Å²) < 4.78 is 1.55. The Labute approximate surface area is 129 Å². The molecule has 1 saturated heterocycles. The number of amides is 2. The minimum Gasteiger partial charge on any atom is -0.352 e. The molecule has 3 rings (SSSR count). The van der Waals surface area contributed by atoms with Crippen molar-refractivity contribution in [2.75, 3.05) is 11.9 Å². The Morgan fingerprint density at radius 3 is 2.95 bits per heavy atom. The lowest BCUT2D eigenvalue weighted by Crippen LogP contribution is -2.54. The van der Waals surface area contributed by atoms with Crippen molar-refractivity contribution in [2.45, 2.75) is 57.2 Å². The fourth-order valence-electron chi connectivity index (χ4n) is 2.68. The second kappa shape index (κ2) is 6.08. The molecule has 2 heterocycles. The summed E-state index contributed by atoms with van der Waals surface area (Å²) >= 11 is 0. The predicted octanol–water partition coefficient (Wildman–Crippen LogP) is 0.632. The van der Waals surface area contributed by atoms with Gasteiger partial charge in [0.2, 0.25) is 11.8 Å². The largest absolute Gasteiger partial charge is 0.352 e. The second-order valence-corrected chi connectivity index (χ2v) is 6.44. The van der Waals surface area contributed by atoms with Crippen LogP contribution in [0, 0.1) is 0 Å². The van der Waals surface area contributed by atoms with Crippen LogP contribution in [0.1, 0.15) is 39.0 Å². The average molecular weight is 305 g/mol. The van der Waals surface area contributed by atoms with Crippen LogP contribution >= 0.6 is 0 Å². The lowest BCUT2D eigenvalue weighted by atomic mass is 9.90. The van der Waals surface area contributed by atoms with E-state index in [9.17, 15) is 9.59 Å². The first kappa shape index (κ1) is 15.0. The van der Waals surface area contributed by atoms with Crippen LogP contribution in [0.5, 0.6) is 0 Å². The third kappa shape index (κ3) is 3.65. The van der Waals surface area contributed by atoms with Crippen molar-refractivity contribution in [1.82, 2.24) is 20.4 Å². The fourth-order valence-corrected chi connectivity index (χ4v) is 2.68. The first-order valence-electron chi connectivity index (χ1n) is 7.93. The maximum absolute atomic E-state index is 12.4. The lowest BCUT2D eigenvalue weighted by Gasteiger charge is -2.33. The van der Waals surface area contributed by atoms with Crippen LogP contribution in [0.3, 0.4) is 0 Å². The van der Waals surface area contributed by atoms with Crippen LogP contribution in [0.25, 0.3) is 0 Å². The zero-order valence-electron chi connectivity index (χ0n) is 12.9. The van der Waals surface area contributed by atoms with Gasteiger partial charge < -0.3 is 16.0 Å². The normalized spacial score (nSPS) is 24.8. The van der Waals surface area contributed by atoms with Gasteiger partial charge in [-0.05, 0) is 45.6 Å². The van der Waals surface area contributed by atoms with Gasteiger partial charge in [-0.15, -0.1) is 0 Å². The Morgan fingerprint density at radius 1 is 1.45 bits per heavy atom. The van der Waals surface area contributed by atoms with Crippen molar-refractivity contribution in [1.29, 1.82) is 0 Å². The molecule has 1 saturated carbocycles. The summed E-state index contributed by atoms with van der Waals surface area (Å²) in [5, 5.41) is 13.2. The van der Waals surface area contributed by atoms with E-state index in [0.717, 1.165) is 38.6 Å². The number of piperidine rings is 1. The van der Waals surface area contributed by atoms with Crippen molar-refractivity contribution in [3.8, 4) is 0 Å². The molecule has 120 valence electrons. The van der Waals surface area contributed by atoms with Gasteiger partial charge in [-0.2, -0.15) is 5.10 Å². The molecule has 2 amide bonds. The molecular formula is C15H23N5O2. The topological polar surface area (TPSA) is 88.0 Å². The minimum atomic E-state index is -0.524. The summed E-state index contributed by atoms with van der Waals surface area (Å²) in [6.45, 7) is 2.97. The van der Waals surface area contributed by atoms with Crippen LogP contribution in [0.2, 0.25) is 0 Å². The number of carbonyl (C=O) groups excluding carboxylic acids is 2. The molecule has 3 N–H and O–H groups in total. The molecule has 1 aliphatic carbocycles. The van der Waals surface area contributed by atoms with Crippen molar-refractivity contribution in [3.63, 3.8) is 0 Å². The highest BCUT2D eigenvalue weighted by Crippen LogP contribution is 2.21. The molecule has 1 unspecified atom stereocenters. The van der Waals surface area contributed by atoms with Crippen LogP contribution in [-0.2, 0) is 16.1 Å². The van der Waals surface area contributed by atoms with E-state index in [-0.39, 0.29) is 18.4 Å². The minimum absolute atomic E-state index is 0.0376. The van der Waals surface area contributed by atoms with Gasteiger partial charge >= 0.3 is 0 Å². The summed E-state index contributed by atoms with van der Waals surface area (Å²) in [5.74, 6) is -0.0847. The molecular weight excluding hydrogens is 282 g/mol. The van der Waals surface area contributed by atoms with Crippen molar-refractivity contribution < 1.29 is 9.59 Å². The molecule has 0 spiro atoms. The van der Waals surface area contributed by atoms with Gasteiger partial charge in [-0.25, -0.2) is 0 Å². The summed E-state index contributed by atoms with van der Waals surface area (Å²) in [7, 11) is 0. The Balaban J connectivity index is 1.54. The number of anilines is 1. The SMILES string of the molecule is CC1(C(=O)Nc2cnn(CC(=O)NC3CC3)c2)CCCCN1. The number of aromatic nitrogens is 2. The number of nitrogens with zero attached hydrogens (tertiary/aromatic N) is 2. The number of hydrogen-bond acceptors (Lipinski definition) is 4. The summed E-state index contributed by atoms with van der Waals surface area (Å²) in [6, 6.07) is 0.347. The van der Waals surface area contributed by atoms with E-state index in [1.807, 2.05) is 6.92 Å². The average Bonchev–Trinajstić information content (AvgIpc) is 3.18. The fraction of sp³-hybridized carbons (Fsp3) is 0.667. The smallest absolute Gasteiger partial charge is 0.244 e. The Morgan fingerprint density at radius 2 is 2.27 bits per heavy atom. The Hall–Kier alpha value is -1.89. The van der Waals surface area contributed by atoms with Crippen molar-refractivity contribution >= 4 is 17.5 Å². The molecule has 7 nitrogen and oxygen atoms in total. The number of hydrogen-bond donors (Lipinski definition) is 3. The molecule has 0 radical (unpaired) electrons. The van der Waals surface area contributed by atoms with Gasteiger partial charge in [0, 0.05) is 12.2 Å². The quantitative estimate of drug-likeness (QED) is 0.744. The third-order valence-electron chi connectivity index (χ3n) is 4.26. The Kier molecular flexibility index (Phi) is 4.15. The highest BCUT2D eigenvalue weighted by molar-refractivity contribution is 5.97. The lowest BCUT2D eigenvalue weighted by molar-refractivity contribution is -0.123. The third-order valence-corrected chi connectivity index (χ3v) is 4.26. The van der Waals surface area contributed by atoms with Gasteiger partial charge in [0.05, 0.1) is 17.4 Å². The van der Waals surface area contributed by atoms with Crippen LogP contribution in [0.4, 0.5) is 5.69 Å². The van der Waals surface area contributed by atoms with Crippen LogP contribution in [0.15, 0.2) is 12.4 Å². The zero-order chi connectivity index (χ0) is 15.6. The van der Waals surface area contributed by atoms with E-state index in [1.165, 1.54) is 0 Å².